The molecule has 1 atom stereocenters. The van der Waals surface area contributed by atoms with Gasteiger partial charge in [0, 0.05) is 0 Å². The second kappa shape index (κ2) is 4.95. The van der Waals surface area contributed by atoms with Crippen molar-refractivity contribution in [3.63, 3.8) is 0 Å². The van der Waals surface area contributed by atoms with Crippen LogP contribution in [0.5, 0.6) is 0 Å². The molecule has 0 amide bonds. The molecule has 0 bridgehead atoms. The van der Waals surface area contributed by atoms with Crippen LogP contribution in [0.2, 0.25) is 0 Å². The van der Waals surface area contributed by atoms with Crippen LogP contribution in [0.3, 0.4) is 0 Å². The van der Waals surface area contributed by atoms with Crippen LogP contribution in [0.1, 0.15) is 30.9 Å². The fraction of sp³-hybridized carbons (Fsp3) is 0.294. The maximum Gasteiger partial charge on any atom is 0.0818 e. The van der Waals surface area contributed by atoms with Crippen LogP contribution in [0.4, 0.5) is 0 Å². The Labute approximate surface area is 108 Å². The predicted octanol–water partition coefficient (Wildman–Crippen LogP) is 4.19. The van der Waals surface area contributed by atoms with Crippen molar-refractivity contribution in [3.05, 3.63) is 60.2 Å². The summed E-state index contributed by atoms with van der Waals surface area (Å²) in [6, 6.07) is 18.7. The van der Waals surface area contributed by atoms with Gasteiger partial charge < -0.3 is 5.11 Å². The van der Waals surface area contributed by atoms with Gasteiger partial charge in [0.2, 0.25) is 0 Å². The molecular weight excluding hydrogens is 220 g/mol. The van der Waals surface area contributed by atoms with Gasteiger partial charge in [0.25, 0.3) is 0 Å². The average Bonchev–Trinajstić information content (AvgIpc) is 2.38. The molecular formula is C17H18O. The van der Waals surface area contributed by atoms with Crippen LogP contribution in [0, 0.1) is 5.92 Å². The molecule has 0 aromatic heterocycles. The van der Waals surface area contributed by atoms with Crippen molar-refractivity contribution in [2.24, 2.45) is 5.92 Å². The highest BCUT2D eigenvalue weighted by molar-refractivity contribution is 5.63. The van der Waals surface area contributed by atoms with Crippen LogP contribution >= 0.6 is 0 Å². The zero-order valence-electron chi connectivity index (χ0n) is 10.4. The van der Waals surface area contributed by atoms with Gasteiger partial charge in [0.15, 0.2) is 0 Å². The van der Waals surface area contributed by atoms with Gasteiger partial charge >= 0.3 is 0 Å². The summed E-state index contributed by atoms with van der Waals surface area (Å²) in [6.07, 6.45) is 3.33. The Kier molecular flexibility index (Phi) is 3.16. The fourth-order valence-electron chi connectivity index (χ4n) is 2.53. The molecule has 92 valence electrons. The molecule has 1 aliphatic rings. The Morgan fingerprint density at radius 3 is 2.00 bits per heavy atom. The first-order valence-corrected chi connectivity index (χ1v) is 6.68. The van der Waals surface area contributed by atoms with E-state index in [9.17, 15) is 5.11 Å². The van der Waals surface area contributed by atoms with E-state index in [0.717, 1.165) is 5.56 Å². The van der Waals surface area contributed by atoms with Crippen LogP contribution in [-0.4, -0.2) is 5.11 Å². The van der Waals surface area contributed by atoms with Gasteiger partial charge in [-0.25, -0.2) is 0 Å². The van der Waals surface area contributed by atoms with E-state index in [-0.39, 0.29) is 6.10 Å². The van der Waals surface area contributed by atoms with Gasteiger partial charge in [-0.3, -0.25) is 0 Å². The molecule has 0 saturated heterocycles. The van der Waals surface area contributed by atoms with E-state index in [1.165, 1.54) is 30.4 Å². The highest BCUT2D eigenvalue weighted by Crippen LogP contribution is 2.37. The van der Waals surface area contributed by atoms with Gasteiger partial charge in [0.05, 0.1) is 6.10 Å². The van der Waals surface area contributed by atoms with Gasteiger partial charge in [-0.15, -0.1) is 0 Å². The quantitative estimate of drug-likeness (QED) is 0.850. The Morgan fingerprint density at radius 2 is 1.44 bits per heavy atom. The van der Waals surface area contributed by atoms with Gasteiger partial charge in [-0.05, 0) is 35.4 Å². The zero-order valence-corrected chi connectivity index (χ0v) is 10.4. The molecule has 0 heterocycles. The van der Waals surface area contributed by atoms with Crippen LogP contribution in [0.15, 0.2) is 54.6 Å². The summed E-state index contributed by atoms with van der Waals surface area (Å²) in [5.41, 5.74) is 3.49. The highest BCUT2D eigenvalue weighted by atomic mass is 16.3. The van der Waals surface area contributed by atoms with Crippen molar-refractivity contribution in [1.82, 2.24) is 0 Å². The van der Waals surface area contributed by atoms with Crippen molar-refractivity contribution in [1.29, 1.82) is 0 Å². The second-order valence-electron chi connectivity index (χ2n) is 5.12. The highest BCUT2D eigenvalue weighted by Gasteiger charge is 2.26. The molecule has 1 aliphatic carbocycles. The summed E-state index contributed by atoms with van der Waals surface area (Å²) in [4.78, 5) is 0. The zero-order chi connectivity index (χ0) is 12.4. The lowest BCUT2D eigenvalue weighted by Crippen LogP contribution is -2.19. The number of hydrogen-bond acceptors (Lipinski definition) is 1. The van der Waals surface area contributed by atoms with Crippen molar-refractivity contribution in [2.75, 3.05) is 0 Å². The van der Waals surface area contributed by atoms with Gasteiger partial charge in [0.1, 0.15) is 0 Å². The number of benzene rings is 2. The first-order valence-electron chi connectivity index (χ1n) is 6.68. The molecule has 1 saturated carbocycles. The first-order chi connectivity index (χ1) is 8.84. The summed E-state index contributed by atoms with van der Waals surface area (Å²) in [7, 11) is 0. The predicted molar refractivity (Wildman–Crippen MR) is 74.2 cm³/mol. The number of aliphatic hydroxyl groups is 1. The summed E-state index contributed by atoms with van der Waals surface area (Å²) in [5.74, 6) is 0.479. The Balaban J connectivity index is 1.80. The third kappa shape index (κ3) is 2.19. The lowest BCUT2D eigenvalue weighted by Gasteiger charge is -2.30. The summed E-state index contributed by atoms with van der Waals surface area (Å²) < 4.78 is 0. The minimum absolute atomic E-state index is 0.274. The van der Waals surface area contributed by atoms with Crippen LogP contribution in [-0.2, 0) is 0 Å². The average molecular weight is 238 g/mol. The molecule has 1 unspecified atom stereocenters. The van der Waals surface area contributed by atoms with Crippen molar-refractivity contribution < 1.29 is 5.11 Å². The van der Waals surface area contributed by atoms with E-state index in [2.05, 4.69) is 36.4 Å². The van der Waals surface area contributed by atoms with Crippen molar-refractivity contribution in [3.8, 4) is 11.1 Å². The minimum atomic E-state index is -0.274. The number of rotatable bonds is 3. The fourth-order valence-corrected chi connectivity index (χ4v) is 2.53. The normalized spacial score (nSPS) is 17.2. The van der Waals surface area contributed by atoms with Crippen LogP contribution < -0.4 is 0 Å². The molecule has 1 fully saturated rings. The maximum absolute atomic E-state index is 10.2. The third-order valence-electron chi connectivity index (χ3n) is 3.96. The molecule has 2 aromatic rings. The first kappa shape index (κ1) is 11.5. The second-order valence-corrected chi connectivity index (χ2v) is 5.12. The van der Waals surface area contributed by atoms with Gasteiger partial charge in [-0.1, -0.05) is 61.0 Å². The molecule has 1 N–H and O–H groups in total. The van der Waals surface area contributed by atoms with Crippen molar-refractivity contribution >= 4 is 0 Å². The van der Waals surface area contributed by atoms with Gasteiger partial charge in [-0.2, -0.15) is 0 Å². The van der Waals surface area contributed by atoms with E-state index in [4.69, 9.17) is 0 Å². The monoisotopic (exact) mass is 238 g/mol. The standard InChI is InChI=1S/C17H18O/c18-17(15-7-4-8-15)16-11-9-14(10-12-16)13-5-2-1-3-6-13/h1-3,5-6,9-12,15,17-18H,4,7-8H2. The van der Waals surface area contributed by atoms with Crippen LogP contribution in [0.25, 0.3) is 11.1 Å². The molecule has 3 rings (SSSR count). The maximum atomic E-state index is 10.2. The molecule has 0 spiro atoms. The van der Waals surface area contributed by atoms with E-state index >= 15 is 0 Å². The molecule has 2 aromatic carbocycles. The summed E-state index contributed by atoms with van der Waals surface area (Å²) in [6.45, 7) is 0. The van der Waals surface area contributed by atoms with E-state index in [1.807, 2.05) is 18.2 Å². The SMILES string of the molecule is OC(c1ccc(-c2ccccc2)cc1)C1CCC1. The molecule has 1 heteroatoms. The molecule has 1 nitrogen and oxygen atoms in total. The Morgan fingerprint density at radius 1 is 0.833 bits per heavy atom. The largest absolute Gasteiger partial charge is 0.388 e. The molecule has 18 heavy (non-hydrogen) atoms. The van der Waals surface area contributed by atoms with Crippen molar-refractivity contribution in [2.45, 2.75) is 25.4 Å². The molecule has 0 radical (unpaired) electrons. The number of hydrogen-bond donors (Lipinski definition) is 1. The Bertz CT molecular complexity index is 497. The number of aliphatic hydroxyl groups excluding tert-OH is 1. The summed E-state index contributed by atoms with van der Waals surface area (Å²) >= 11 is 0. The smallest absolute Gasteiger partial charge is 0.0818 e. The lowest BCUT2D eigenvalue weighted by atomic mass is 9.78. The Hall–Kier alpha value is -1.60. The van der Waals surface area contributed by atoms with E-state index < -0.39 is 0 Å². The lowest BCUT2D eigenvalue weighted by molar-refractivity contribution is 0.0621. The topological polar surface area (TPSA) is 20.2 Å². The summed E-state index contributed by atoms with van der Waals surface area (Å²) in [5, 5.41) is 10.2. The van der Waals surface area contributed by atoms with E-state index in [0.29, 0.717) is 5.92 Å². The minimum Gasteiger partial charge on any atom is -0.388 e. The van der Waals surface area contributed by atoms with E-state index in [1.54, 1.807) is 0 Å². The third-order valence-corrected chi connectivity index (χ3v) is 3.96. The molecule has 0 aliphatic heterocycles.